The lowest BCUT2D eigenvalue weighted by atomic mass is 10.2. The van der Waals surface area contributed by atoms with Gasteiger partial charge in [0.2, 0.25) is 5.91 Å². The van der Waals surface area contributed by atoms with Crippen molar-refractivity contribution in [3.8, 4) is 0 Å². The number of nitro benzene ring substituents is 1. The van der Waals surface area contributed by atoms with E-state index in [1.807, 2.05) is 0 Å². The molecule has 0 saturated carbocycles. The van der Waals surface area contributed by atoms with Crippen LogP contribution >= 0.6 is 0 Å². The van der Waals surface area contributed by atoms with Crippen molar-refractivity contribution in [2.24, 2.45) is 5.73 Å². The predicted molar refractivity (Wildman–Crippen MR) is 61.8 cm³/mol. The number of nitro groups is 1. The maximum Gasteiger partial charge on any atom is 0.338 e. The second-order valence-electron chi connectivity index (χ2n) is 3.51. The van der Waals surface area contributed by atoms with Crippen molar-refractivity contribution in [1.82, 2.24) is 0 Å². The standard InChI is InChI=1S/C11H12N2O5/c12-10(14)2-1-7-18-11(15)8-3-5-9(6-4-8)13(16)17/h3-6H,1-2,7H2,(H2,12,14). The molecule has 1 amide bonds. The van der Waals surface area contributed by atoms with E-state index in [9.17, 15) is 19.7 Å². The molecule has 0 heterocycles. The van der Waals surface area contributed by atoms with Gasteiger partial charge < -0.3 is 10.5 Å². The summed E-state index contributed by atoms with van der Waals surface area (Å²) in [5, 5.41) is 10.4. The number of ether oxygens (including phenoxy) is 1. The molecule has 0 saturated heterocycles. The first-order valence-corrected chi connectivity index (χ1v) is 5.20. The molecule has 0 radical (unpaired) electrons. The van der Waals surface area contributed by atoms with Crippen LogP contribution < -0.4 is 5.73 Å². The van der Waals surface area contributed by atoms with Crippen molar-refractivity contribution in [3.63, 3.8) is 0 Å². The Balaban J connectivity index is 2.46. The molecule has 18 heavy (non-hydrogen) atoms. The number of carbonyl (C=O) groups is 2. The molecule has 0 aliphatic rings. The third kappa shape index (κ3) is 4.20. The van der Waals surface area contributed by atoms with E-state index in [4.69, 9.17) is 10.5 Å². The van der Waals surface area contributed by atoms with Crippen LogP contribution in [-0.2, 0) is 9.53 Å². The van der Waals surface area contributed by atoms with Gasteiger partial charge in [-0.25, -0.2) is 4.79 Å². The lowest BCUT2D eigenvalue weighted by molar-refractivity contribution is -0.384. The molecule has 1 aromatic carbocycles. The van der Waals surface area contributed by atoms with Gasteiger partial charge in [-0.3, -0.25) is 14.9 Å². The number of carbonyl (C=O) groups excluding carboxylic acids is 2. The Morgan fingerprint density at radius 3 is 2.39 bits per heavy atom. The molecule has 0 atom stereocenters. The van der Waals surface area contributed by atoms with E-state index in [0.717, 1.165) is 0 Å². The Morgan fingerprint density at radius 2 is 1.89 bits per heavy atom. The Labute approximate surface area is 103 Å². The second kappa shape index (κ2) is 6.33. The molecule has 7 nitrogen and oxygen atoms in total. The number of hydrogen-bond donors (Lipinski definition) is 1. The molecule has 0 unspecified atom stereocenters. The van der Waals surface area contributed by atoms with Crippen molar-refractivity contribution in [1.29, 1.82) is 0 Å². The summed E-state index contributed by atoms with van der Waals surface area (Å²) in [4.78, 5) is 31.7. The van der Waals surface area contributed by atoms with Crippen LogP contribution in [0.3, 0.4) is 0 Å². The summed E-state index contributed by atoms with van der Waals surface area (Å²) in [7, 11) is 0. The van der Waals surface area contributed by atoms with Crippen molar-refractivity contribution in [2.45, 2.75) is 12.8 Å². The topological polar surface area (TPSA) is 113 Å². The zero-order valence-corrected chi connectivity index (χ0v) is 9.50. The normalized spacial score (nSPS) is 9.78. The molecule has 0 aromatic heterocycles. The molecule has 1 aromatic rings. The highest BCUT2D eigenvalue weighted by Crippen LogP contribution is 2.12. The SMILES string of the molecule is NC(=O)CCCOC(=O)c1ccc([N+](=O)[O-])cc1. The maximum atomic E-state index is 11.5. The summed E-state index contributed by atoms with van der Waals surface area (Å²) in [6.45, 7) is 0.0821. The lowest BCUT2D eigenvalue weighted by Gasteiger charge is -2.03. The van der Waals surface area contributed by atoms with E-state index in [1.54, 1.807) is 0 Å². The fraction of sp³-hybridized carbons (Fsp3) is 0.273. The summed E-state index contributed by atoms with van der Waals surface area (Å²) in [6.07, 6.45) is 0.502. The van der Waals surface area contributed by atoms with Gasteiger partial charge in [-0.15, -0.1) is 0 Å². The monoisotopic (exact) mass is 252 g/mol. The third-order valence-corrected chi connectivity index (χ3v) is 2.11. The van der Waals surface area contributed by atoms with Gasteiger partial charge in [0, 0.05) is 18.6 Å². The van der Waals surface area contributed by atoms with Gasteiger partial charge in [0.15, 0.2) is 0 Å². The Kier molecular flexibility index (Phi) is 4.79. The number of rotatable bonds is 6. The van der Waals surface area contributed by atoms with E-state index in [0.29, 0.717) is 6.42 Å². The number of non-ortho nitro benzene ring substituents is 1. The van der Waals surface area contributed by atoms with E-state index in [-0.39, 0.29) is 24.3 Å². The van der Waals surface area contributed by atoms with Gasteiger partial charge in [0.1, 0.15) is 0 Å². The van der Waals surface area contributed by atoms with Gasteiger partial charge in [-0.1, -0.05) is 0 Å². The largest absolute Gasteiger partial charge is 0.462 e. The summed E-state index contributed by atoms with van der Waals surface area (Å²) in [5.41, 5.74) is 5.05. The summed E-state index contributed by atoms with van der Waals surface area (Å²) < 4.78 is 4.86. The van der Waals surface area contributed by atoms with Gasteiger partial charge in [0.25, 0.3) is 5.69 Å². The predicted octanol–water partition coefficient (Wildman–Crippen LogP) is 1.02. The van der Waals surface area contributed by atoms with Crippen molar-refractivity contribution < 1.29 is 19.2 Å². The fourth-order valence-corrected chi connectivity index (χ4v) is 1.21. The zero-order chi connectivity index (χ0) is 13.5. The fourth-order valence-electron chi connectivity index (χ4n) is 1.21. The van der Waals surface area contributed by atoms with Gasteiger partial charge in [-0.05, 0) is 18.6 Å². The van der Waals surface area contributed by atoms with Gasteiger partial charge >= 0.3 is 5.97 Å². The minimum absolute atomic E-state index is 0.0821. The Hall–Kier alpha value is -2.44. The van der Waals surface area contributed by atoms with Crippen molar-refractivity contribution >= 4 is 17.6 Å². The van der Waals surface area contributed by atoms with E-state index in [1.165, 1.54) is 24.3 Å². The van der Waals surface area contributed by atoms with Crippen molar-refractivity contribution in [2.75, 3.05) is 6.61 Å². The van der Waals surface area contributed by atoms with Crippen LogP contribution in [0, 0.1) is 10.1 Å². The van der Waals surface area contributed by atoms with Gasteiger partial charge in [-0.2, -0.15) is 0 Å². The summed E-state index contributed by atoms with van der Waals surface area (Å²) in [6, 6.07) is 5.07. The summed E-state index contributed by atoms with van der Waals surface area (Å²) >= 11 is 0. The van der Waals surface area contributed by atoms with Crippen LogP contribution in [0.1, 0.15) is 23.2 Å². The van der Waals surface area contributed by atoms with Crippen LogP contribution in [0.15, 0.2) is 24.3 Å². The maximum absolute atomic E-state index is 11.5. The number of hydrogen-bond acceptors (Lipinski definition) is 5. The number of amides is 1. The first-order chi connectivity index (χ1) is 8.50. The highest BCUT2D eigenvalue weighted by molar-refractivity contribution is 5.89. The molecule has 0 fully saturated rings. The molecule has 2 N–H and O–H groups in total. The van der Waals surface area contributed by atoms with Crippen LogP contribution in [0.5, 0.6) is 0 Å². The highest BCUT2D eigenvalue weighted by atomic mass is 16.6. The lowest BCUT2D eigenvalue weighted by Crippen LogP contribution is -2.12. The minimum Gasteiger partial charge on any atom is -0.462 e. The molecular formula is C11H12N2O5. The average molecular weight is 252 g/mol. The second-order valence-corrected chi connectivity index (χ2v) is 3.51. The Morgan fingerprint density at radius 1 is 1.28 bits per heavy atom. The molecule has 1 rings (SSSR count). The highest BCUT2D eigenvalue weighted by Gasteiger charge is 2.10. The van der Waals surface area contributed by atoms with E-state index in [2.05, 4.69) is 0 Å². The van der Waals surface area contributed by atoms with E-state index < -0.39 is 16.8 Å². The minimum atomic E-state index is -0.589. The van der Waals surface area contributed by atoms with E-state index >= 15 is 0 Å². The first-order valence-electron chi connectivity index (χ1n) is 5.20. The van der Waals surface area contributed by atoms with Crippen LogP contribution in [0.25, 0.3) is 0 Å². The third-order valence-electron chi connectivity index (χ3n) is 2.11. The smallest absolute Gasteiger partial charge is 0.338 e. The average Bonchev–Trinajstić information content (AvgIpc) is 2.34. The first kappa shape index (κ1) is 13.6. The van der Waals surface area contributed by atoms with Crippen LogP contribution in [0.2, 0.25) is 0 Å². The van der Waals surface area contributed by atoms with Crippen molar-refractivity contribution in [3.05, 3.63) is 39.9 Å². The van der Waals surface area contributed by atoms with Crippen LogP contribution in [-0.4, -0.2) is 23.4 Å². The molecule has 0 bridgehead atoms. The molecule has 7 heteroatoms. The Bertz CT molecular complexity index is 455. The molecular weight excluding hydrogens is 240 g/mol. The molecule has 0 aliphatic carbocycles. The molecule has 96 valence electrons. The zero-order valence-electron chi connectivity index (χ0n) is 9.50. The van der Waals surface area contributed by atoms with Crippen LogP contribution in [0.4, 0.5) is 5.69 Å². The van der Waals surface area contributed by atoms with Gasteiger partial charge in [0.05, 0.1) is 17.1 Å². The number of primary amides is 1. The number of benzene rings is 1. The number of nitrogens with two attached hydrogens (primary N) is 1. The quantitative estimate of drug-likeness (QED) is 0.351. The summed E-state index contributed by atoms with van der Waals surface area (Å²) in [5.74, 6) is -1.05. The number of nitrogens with zero attached hydrogens (tertiary/aromatic N) is 1. The number of esters is 1. The molecule has 0 spiro atoms. The molecule has 0 aliphatic heterocycles.